The number of nitrogens with one attached hydrogen (secondary N) is 1. The van der Waals surface area contributed by atoms with Crippen molar-refractivity contribution in [1.82, 2.24) is 5.32 Å². The van der Waals surface area contributed by atoms with Gasteiger partial charge in [0.2, 0.25) is 0 Å². The van der Waals surface area contributed by atoms with Gasteiger partial charge in [0.1, 0.15) is 30.6 Å². The van der Waals surface area contributed by atoms with Gasteiger partial charge in [-0.2, -0.15) is 0 Å². The first-order valence-electron chi connectivity index (χ1n) is 5.15. The molecule has 15 heavy (non-hydrogen) atoms. The van der Waals surface area contributed by atoms with E-state index in [1.165, 1.54) is 0 Å². The van der Waals surface area contributed by atoms with Crippen LogP contribution in [0.15, 0.2) is 0 Å². The maximum absolute atomic E-state index is 9.59. The lowest BCUT2D eigenvalue weighted by Gasteiger charge is -2.21. The first kappa shape index (κ1) is 12.8. The molecule has 1 aliphatic heterocycles. The van der Waals surface area contributed by atoms with Gasteiger partial charge < -0.3 is 25.2 Å². The second-order valence-corrected chi connectivity index (χ2v) is 3.70. The van der Waals surface area contributed by atoms with Crippen LogP contribution in [0.4, 0.5) is 0 Å². The molecule has 1 fully saturated rings. The van der Waals surface area contributed by atoms with Crippen molar-refractivity contribution in [2.45, 2.75) is 44.0 Å². The molecular formula is C9H19NO5. The molecule has 5 N–H and O–H groups in total. The summed E-state index contributed by atoms with van der Waals surface area (Å²) in [5, 5.41) is 40.1. The van der Waals surface area contributed by atoms with Crippen LogP contribution in [-0.4, -0.2) is 64.2 Å². The van der Waals surface area contributed by atoms with Crippen LogP contribution >= 0.6 is 0 Å². The zero-order valence-corrected chi connectivity index (χ0v) is 8.71. The van der Waals surface area contributed by atoms with Crippen molar-refractivity contribution in [3.63, 3.8) is 0 Å². The molecule has 0 saturated carbocycles. The summed E-state index contributed by atoms with van der Waals surface area (Å²) < 4.78 is 5.13. The summed E-state index contributed by atoms with van der Waals surface area (Å²) in [5.41, 5.74) is 0. The van der Waals surface area contributed by atoms with Gasteiger partial charge in [-0.3, -0.25) is 5.32 Å². The second-order valence-electron chi connectivity index (χ2n) is 3.70. The van der Waals surface area contributed by atoms with E-state index in [4.69, 9.17) is 9.84 Å². The molecule has 1 saturated heterocycles. The number of ether oxygens (including phenoxy) is 1. The standard InChI is InChI=1S/C9H19NO5/c1-2-3-10-9(14)8-7(13)6(12)5(4-11)15-8/h5-14H,2-4H2,1H3/t5-,6-,7+,8-,9?/m1/s1. The molecule has 0 radical (unpaired) electrons. The Labute approximate surface area is 88.5 Å². The van der Waals surface area contributed by atoms with Crippen LogP contribution in [0.1, 0.15) is 13.3 Å². The van der Waals surface area contributed by atoms with E-state index in [9.17, 15) is 15.3 Å². The molecule has 1 unspecified atom stereocenters. The lowest BCUT2D eigenvalue weighted by molar-refractivity contribution is -0.0848. The normalized spacial score (nSPS) is 38.2. The molecule has 0 aliphatic carbocycles. The zero-order chi connectivity index (χ0) is 11.4. The van der Waals surface area contributed by atoms with Crippen molar-refractivity contribution in [3.8, 4) is 0 Å². The van der Waals surface area contributed by atoms with E-state index in [-0.39, 0.29) is 6.61 Å². The average Bonchev–Trinajstić information content (AvgIpc) is 2.52. The summed E-state index contributed by atoms with van der Waals surface area (Å²) in [6.45, 7) is 2.15. The van der Waals surface area contributed by atoms with Crippen molar-refractivity contribution in [3.05, 3.63) is 0 Å². The first-order chi connectivity index (χ1) is 7.11. The van der Waals surface area contributed by atoms with Crippen molar-refractivity contribution in [2.75, 3.05) is 13.2 Å². The van der Waals surface area contributed by atoms with E-state index in [1.807, 2.05) is 6.92 Å². The molecule has 1 heterocycles. The van der Waals surface area contributed by atoms with E-state index in [1.54, 1.807) is 0 Å². The van der Waals surface area contributed by atoms with Crippen LogP contribution in [-0.2, 0) is 4.74 Å². The predicted octanol–water partition coefficient (Wildman–Crippen LogP) is -2.21. The minimum Gasteiger partial charge on any atom is -0.394 e. The second kappa shape index (κ2) is 5.74. The third-order valence-corrected chi connectivity index (χ3v) is 2.49. The van der Waals surface area contributed by atoms with Crippen molar-refractivity contribution < 1.29 is 25.2 Å². The summed E-state index contributed by atoms with van der Waals surface area (Å²) in [7, 11) is 0. The molecular weight excluding hydrogens is 202 g/mol. The van der Waals surface area contributed by atoms with Gasteiger partial charge >= 0.3 is 0 Å². The molecule has 0 aromatic heterocycles. The van der Waals surface area contributed by atoms with Crippen LogP contribution in [0.2, 0.25) is 0 Å². The van der Waals surface area contributed by atoms with Crippen molar-refractivity contribution in [1.29, 1.82) is 0 Å². The number of hydrogen-bond acceptors (Lipinski definition) is 6. The Hall–Kier alpha value is -0.240. The molecule has 6 heteroatoms. The van der Waals surface area contributed by atoms with E-state index in [2.05, 4.69) is 5.32 Å². The van der Waals surface area contributed by atoms with Gasteiger partial charge in [0.15, 0.2) is 0 Å². The number of aliphatic hydroxyl groups excluding tert-OH is 4. The van der Waals surface area contributed by atoms with Crippen LogP contribution in [0.5, 0.6) is 0 Å². The highest BCUT2D eigenvalue weighted by Crippen LogP contribution is 2.22. The van der Waals surface area contributed by atoms with Crippen LogP contribution in [0, 0.1) is 0 Å². The Morgan fingerprint density at radius 2 is 2.00 bits per heavy atom. The lowest BCUT2D eigenvalue weighted by Crippen LogP contribution is -2.46. The fourth-order valence-corrected chi connectivity index (χ4v) is 1.60. The maximum Gasteiger partial charge on any atom is 0.134 e. The van der Waals surface area contributed by atoms with Crippen molar-refractivity contribution >= 4 is 0 Å². The quantitative estimate of drug-likeness (QED) is 0.337. The molecule has 1 aliphatic rings. The van der Waals surface area contributed by atoms with Gasteiger partial charge in [0, 0.05) is 0 Å². The van der Waals surface area contributed by atoms with Gasteiger partial charge in [-0.15, -0.1) is 0 Å². The lowest BCUT2D eigenvalue weighted by atomic mass is 10.1. The first-order valence-corrected chi connectivity index (χ1v) is 5.15. The molecule has 5 atom stereocenters. The summed E-state index contributed by atoms with van der Waals surface area (Å²) in [5.74, 6) is 0. The summed E-state index contributed by atoms with van der Waals surface area (Å²) in [6, 6.07) is 0. The molecule has 0 aromatic carbocycles. The highest BCUT2D eigenvalue weighted by molar-refractivity contribution is 4.92. The Morgan fingerprint density at radius 1 is 1.33 bits per heavy atom. The summed E-state index contributed by atoms with van der Waals surface area (Å²) in [4.78, 5) is 0. The molecule has 1 rings (SSSR count). The number of aliphatic hydroxyl groups is 4. The Bertz CT molecular complexity index is 191. The molecule has 6 nitrogen and oxygen atoms in total. The van der Waals surface area contributed by atoms with Crippen LogP contribution in [0.3, 0.4) is 0 Å². The fraction of sp³-hybridized carbons (Fsp3) is 1.00. The van der Waals surface area contributed by atoms with E-state index < -0.39 is 30.6 Å². The number of rotatable bonds is 5. The van der Waals surface area contributed by atoms with E-state index in [0.717, 1.165) is 6.42 Å². The fourth-order valence-electron chi connectivity index (χ4n) is 1.60. The Kier molecular flexibility index (Phi) is 4.91. The smallest absolute Gasteiger partial charge is 0.134 e. The van der Waals surface area contributed by atoms with Gasteiger partial charge in [0.05, 0.1) is 6.61 Å². The van der Waals surface area contributed by atoms with Gasteiger partial charge in [0.25, 0.3) is 0 Å². The monoisotopic (exact) mass is 221 g/mol. The average molecular weight is 221 g/mol. The minimum absolute atomic E-state index is 0.380. The SMILES string of the molecule is CCCNC(O)[C@@H]1O[C@H](CO)[C@@H](O)[C@@H]1O. The largest absolute Gasteiger partial charge is 0.394 e. The highest BCUT2D eigenvalue weighted by Gasteiger charge is 2.45. The molecule has 0 spiro atoms. The molecule has 0 bridgehead atoms. The molecule has 0 aromatic rings. The topological polar surface area (TPSA) is 102 Å². The zero-order valence-electron chi connectivity index (χ0n) is 8.71. The number of hydrogen-bond donors (Lipinski definition) is 5. The predicted molar refractivity (Wildman–Crippen MR) is 52.1 cm³/mol. The Morgan fingerprint density at radius 3 is 2.47 bits per heavy atom. The van der Waals surface area contributed by atoms with E-state index >= 15 is 0 Å². The third kappa shape index (κ3) is 2.87. The summed E-state index contributed by atoms with van der Waals surface area (Å²) >= 11 is 0. The minimum atomic E-state index is -1.18. The van der Waals surface area contributed by atoms with Crippen LogP contribution in [0.25, 0.3) is 0 Å². The van der Waals surface area contributed by atoms with Crippen molar-refractivity contribution in [2.24, 2.45) is 0 Å². The highest BCUT2D eigenvalue weighted by atomic mass is 16.6. The summed E-state index contributed by atoms with van der Waals surface area (Å²) in [6.07, 6.45) is -4.26. The Balaban J connectivity index is 2.48. The van der Waals surface area contributed by atoms with Gasteiger partial charge in [-0.1, -0.05) is 6.92 Å². The molecule has 0 amide bonds. The van der Waals surface area contributed by atoms with Gasteiger partial charge in [-0.25, -0.2) is 0 Å². The van der Waals surface area contributed by atoms with E-state index in [0.29, 0.717) is 6.54 Å². The molecule has 90 valence electrons. The third-order valence-electron chi connectivity index (χ3n) is 2.49. The van der Waals surface area contributed by atoms with Gasteiger partial charge in [-0.05, 0) is 13.0 Å². The van der Waals surface area contributed by atoms with Crippen LogP contribution < -0.4 is 5.32 Å². The maximum atomic E-state index is 9.59.